The Kier molecular flexibility index (Phi) is 8.12. The van der Waals surface area contributed by atoms with Crippen LogP contribution >= 0.6 is 0 Å². The third-order valence-corrected chi connectivity index (χ3v) is 5.69. The third-order valence-electron chi connectivity index (χ3n) is 5.69. The molecule has 31 heavy (non-hydrogen) atoms. The number of rotatable bonds is 8. The molecule has 2 aromatic rings. The molecule has 0 aromatic heterocycles. The number of ether oxygens (including phenoxy) is 3. The van der Waals surface area contributed by atoms with Gasteiger partial charge in [-0.2, -0.15) is 0 Å². The molecule has 0 bridgehead atoms. The van der Waals surface area contributed by atoms with Gasteiger partial charge in [0, 0.05) is 32.2 Å². The average molecular weight is 430 g/mol. The van der Waals surface area contributed by atoms with E-state index in [2.05, 4.69) is 27.8 Å². The number of benzene rings is 2. The van der Waals surface area contributed by atoms with Gasteiger partial charge in [0.1, 0.15) is 11.9 Å². The van der Waals surface area contributed by atoms with Crippen LogP contribution in [0.2, 0.25) is 0 Å². The van der Waals surface area contributed by atoms with Crippen molar-refractivity contribution in [2.45, 2.75) is 31.3 Å². The number of methoxy groups -OCH3 is 1. The minimum atomic E-state index is -0.363. The Morgan fingerprint density at radius 1 is 1.13 bits per heavy atom. The molecule has 1 unspecified atom stereocenters. The lowest BCUT2D eigenvalue weighted by Crippen LogP contribution is -2.49. The normalized spacial score (nSPS) is 17.0. The quantitative estimate of drug-likeness (QED) is 0.497. The second kappa shape index (κ2) is 11.0. The standard InChI is InChI=1S/C24H32FN3O3/c1-18(31-22-7-5-4-6-21(22)25)16-27-23(26-2)28-17-24(12-14-30-15-13-24)19-8-10-20(29-3)11-9-19/h4-11,18H,12-17H2,1-3H3,(H2,26,27,28). The van der Waals surface area contributed by atoms with Crippen molar-refractivity contribution in [2.75, 3.05) is 40.5 Å². The van der Waals surface area contributed by atoms with Gasteiger partial charge in [0.05, 0.1) is 13.7 Å². The molecule has 3 rings (SSSR count). The van der Waals surface area contributed by atoms with Gasteiger partial charge in [0.25, 0.3) is 0 Å². The largest absolute Gasteiger partial charge is 0.497 e. The molecular formula is C24H32FN3O3. The van der Waals surface area contributed by atoms with E-state index >= 15 is 0 Å². The van der Waals surface area contributed by atoms with Gasteiger partial charge in [-0.15, -0.1) is 0 Å². The lowest BCUT2D eigenvalue weighted by atomic mass is 9.74. The Morgan fingerprint density at radius 2 is 1.84 bits per heavy atom. The number of para-hydroxylation sites is 1. The number of guanidine groups is 1. The molecule has 1 fully saturated rings. The summed E-state index contributed by atoms with van der Waals surface area (Å²) in [5, 5.41) is 6.74. The lowest BCUT2D eigenvalue weighted by Gasteiger charge is -2.38. The van der Waals surface area contributed by atoms with E-state index < -0.39 is 0 Å². The van der Waals surface area contributed by atoms with Gasteiger partial charge in [-0.1, -0.05) is 24.3 Å². The highest BCUT2D eigenvalue weighted by atomic mass is 19.1. The Hall–Kier alpha value is -2.80. The predicted octanol–water partition coefficient (Wildman–Crippen LogP) is 3.52. The van der Waals surface area contributed by atoms with E-state index in [1.165, 1.54) is 11.6 Å². The summed E-state index contributed by atoms with van der Waals surface area (Å²) in [4.78, 5) is 4.33. The van der Waals surface area contributed by atoms with E-state index in [-0.39, 0.29) is 23.1 Å². The number of nitrogens with one attached hydrogen (secondary N) is 2. The van der Waals surface area contributed by atoms with Crippen LogP contribution < -0.4 is 20.1 Å². The Balaban J connectivity index is 1.58. The molecule has 2 aromatic carbocycles. The molecule has 1 saturated heterocycles. The minimum Gasteiger partial charge on any atom is -0.497 e. The van der Waals surface area contributed by atoms with Crippen molar-refractivity contribution in [1.82, 2.24) is 10.6 Å². The summed E-state index contributed by atoms with van der Waals surface area (Å²) in [5.74, 6) is 1.42. The molecule has 0 saturated carbocycles. The van der Waals surface area contributed by atoms with Gasteiger partial charge in [0.15, 0.2) is 17.5 Å². The van der Waals surface area contributed by atoms with Crippen LogP contribution in [0.1, 0.15) is 25.3 Å². The first-order valence-corrected chi connectivity index (χ1v) is 10.6. The van der Waals surface area contributed by atoms with Gasteiger partial charge in [-0.05, 0) is 49.6 Å². The van der Waals surface area contributed by atoms with Gasteiger partial charge >= 0.3 is 0 Å². The molecule has 1 heterocycles. The molecule has 1 aliphatic rings. The summed E-state index contributed by atoms with van der Waals surface area (Å²) in [6.45, 7) is 4.57. The number of hydrogen-bond donors (Lipinski definition) is 2. The SMILES string of the molecule is CN=C(NCC(C)Oc1ccccc1F)NCC1(c2ccc(OC)cc2)CCOCC1. The van der Waals surface area contributed by atoms with Crippen molar-refractivity contribution >= 4 is 5.96 Å². The molecule has 6 nitrogen and oxygen atoms in total. The zero-order valence-electron chi connectivity index (χ0n) is 18.5. The van der Waals surface area contributed by atoms with Crippen LogP contribution in [0, 0.1) is 5.82 Å². The highest BCUT2D eigenvalue weighted by Gasteiger charge is 2.34. The van der Waals surface area contributed by atoms with Crippen LogP contribution in [-0.4, -0.2) is 52.5 Å². The van der Waals surface area contributed by atoms with E-state index in [0.29, 0.717) is 12.5 Å². The van der Waals surface area contributed by atoms with Crippen LogP contribution in [0.5, 0.6) is 11.5 Å². The zero-order valence-corrected chi connectivity index (χ0v) is 18.5. The fourth-order valence-electron chi connectivity index (χ4n) is 3.79. The Labute approximate surface area is 183 Å². The van der Waals surface area contributed by atoms with Crippen molar-refractivity contribution in [3.05, 3.63) is 59.9 Å². The Bertz CT molecular complexity index is 851. The van der Waals surface area contributed by atoms with Crippen molar-refractivity contribution in [2.24, 2.45) is 4.99 Å². The molecular weight excluding hydrogens is 397 g/mol. The Morgan fingerprint density at radius 3 is 2.48 bits per heavy atom. The number of hydrogen-bond acceptors (Lipinski definition) is 4. The average Bonchev–Trinajstić information content (AvgIpc) is 2.81. The maximum Gasteiger partial charge on any atom is 0.191 e. The summed E-state index contributed by atoms with van der Waals surface area (Å²) in [5.41, 5.74) is 1.22. The summed E-state index contributed by atoms with van der Waals surface area (Å²) in [7, 11) is 3.41. The summed E-state index contributed by atoms with van der Waals surface area (Å²) in [6, 6.07) is 14.7. The first kappa shape index (κ1) is 22.9. The smallest absolute Gasteiger partial charge is 0.191 e. The monoisotopic (exact) mass is 429 g/mol. The molecule has 7 heteroatoms. The van der Waals surface area contributed by atoms with E-state index in [1.54, 1.807) is 32.4 Å². The number of halogens is 1. The highest BCUT2D eigenvalue weighted by Crippen LogP contribution is 2.35. The fraction of sp³-hybridized carbons (Fsp3) is 0.458. The third kappa shape index (κ3) is 6.10. The first-order valence-electron chi connectivity index (χ1n) is 10.6. The minimum absolute atomic E-state index is 0.0442. The summed E-state index contributed by atoms with van der Waals surface area (Å²) in [6.07, 6.45) is 1.63. The van der Waals surface area contributed by atoms with E-state index in [4.69, 9.17) is 14.2 Å². The van der Waals surface area contributed by atoms with Crippen molar-refractivity contribution in [1.29, 1.82) is 0 Å². The number of nitrogens with zero attached hydrogens (tertiary/aromatic N) is 1. The molecule has 168 valence electrons. The van der Waals surface area contributed by atoms with E-state index in [0.717, 1.165) is 38.3 Å². The molecule has 0 amide bonds. The fourth-order valence-corrected chi connectivity index (χ4v) is 3.79. The molecule has 0 aliphatic carbocycles. The lowest BCUT2D eigenvalue weighted by molar-refractivity contribution is 0.0513. The molecule has 2 N–H and O–H groups in total. The van der Waals surface area contributed by atoms with Gasteiger partial charge in [-0.25, -0.2) is 4.39 Å². The van der Waals surface area contributed by atoms with E-state index in [9.17, 15) is 4.39 Å². The predicted molar refractivity (Wildman–Crippen MR) is 121 cm³/mol. The van der Waals surface area contributed by atoms with Gasteiger partial charge in [0.2, 0.25) is 0 Å². The molecule has 0 radical (unpaired) electrons. The topological polar surface area (TPSA) is 64.1 Å². The second-order valence-corrected chi connectivity index (χ2v) is 7.79. The van der Waals surface area contributed by atoms with Crippen LogP contribution in [0.3, 0.4) is 0 Å². The van der Waals surface area contributed by atoms with Crippen LogP contribution in [-0.2, 0) is 10.2 Å². The van der Waals surface area contributed by atoms with Crippen LogP contribution in [0.4, 0.5) is 4.39 Å². The second-order valence-electron chi connectivity index (χ2n) is 7.79. The summed E-state index contributed by atoms with van der Waals surface area (Å²) >= 11 is 0. The molecule has 1 aliphatic heterocycles. The summed E-state index contributed by atoms with van der Waals surface area (Å²) < 4.78 is 30.4. The maximum atomic E-state index is 13.8. The zero-order chi connectivity index (χ0) is 22.1. The highest BCUT2D eigenvalue weighted by molar-refractivity contribution is 5.79. The number of aliphatic imine (C=N–C) groups is 1. The van der Waals surface area contributed by atoms with Crippen LogP contribution in [0.25, 0.3) is 0 Å². The maximum absolute atomic E-state index is 13.8. The first-order chi connectivity index (χ1) is 15.1. The van der Waals surface area contributed by atoms with Gasteiger partial charge < -0.3 is 24.8 Å². The van der Waals surface area contributed by atoms with Crippen molar-refractivity contribution in [3.8, 4) is 11.5 Å². The molecule has 1 atom stereocenters. The van der Waals surface area contributed by atoms with Gasteiger partial charge in [-0.3, -0.25) is 4.99 Å². The van der Waals surface area contributed by atoms with Crippen molar-refractivity contribution < 1.29 is 18.6 Å². The van der Waals surface area contributed by atoms with E-state index in [1.807, 2.05) is 19.1 Å². The molecule has 0 spiro atoms. The van der Waals surface area contributed by atoms with Crippen LogP contribution in [0.15, 0.2) is 53.5 Å². The van der Waals surface area contributed by atoms with Crippen molar-refractivity contribution in [3.63, 3.8) is 0 Å².